The second kappa shape index (κ2) is 6.33. The van der Waals surface area contributed by atoms with E-state index in [1.807, 2.05) is 24.3 Å². The Morgan fingerprint density at radius 2 is 2.19 bits per heavy atom. The highest BCUT2D eigenvalue weighted by molar-refractivity contribution is 9.08. The lowest BCUT2D eigenvalue weighted by Crippen LogP contribution is -2.04. The summed E-state index contributed by atoms with van der Waals surface area (Å²) in [4.78, 5) is 11.5. The molecule has 0 amide bonds. The SMILES string of the molecule is COC=C(C(=O)OC)c1cccc(CBr)c1. The van der Waals surface area contributed by atoms with Gasteiger partial charge in [-0.2, -0.15) is 0 Å². The molecule has 4 heteroatoms. The molecule has 1 aromatic rings. The predicted molar refractivity (Wildman–Crippen MR) is 66.1 cm³/mol. The van der Waals surface area contributed by atoms with E-state index in [1.165, 1.54) is 20.5 Å². The second-order valence-corrected chi connectivity index (χ2v) is 3.65. The van der Waals surface area contributed by atoms with Gasteiger partial charge in [0.1, 0.15) is 5.57 Å². The van der Waals surface area contributed by atoms with Crippen LogP contribution < -0.4 is 0 Å². The highest BCUT2D eigenvalue weighted by Gasteiger charge is 2.12. The van der Waals surface area contributed by atoms with Crippen LogP contribution in [0.25, 0.3) is 5.57 Å². The molecule has 1 aromatic carbocycles. The fourth-order valence-electron chi connectivity index (χ4n) is 1.28. The molecular weight excluding hydrogens is 272 g/mol. The van der Waals surface area contributed by atoms with E-state index < -0.39 is 5.97 Å². The summed E-state index contributed by atoms with van der Waals surface area (Å²) in [6, 6.07) is 7.61. The smallest absolute Gasteiger partial charge is 0.341 e. The maximum absolute atomic E-state index is 11.5. The van der Waals surface area contributed by atoms with Gasteiger partial charge in [-0.15, -0.1) is 0 Å². The number of rotatable bonds is 4. The predicted octanol–water partition coefficient (Wildman–Crippen LogP) is 2.74. The Kier molecular flexibility index (Phi) is 5.05. The summed E-state index contributed by atoms with van der Waals surface area (Å²) in [7, 11) is 2.84. The normalized spacial score (nSPS) is 11.1. The van der Waals surface area contributed by atoms with Crippen molar-refractivity contribution in [2.45, 2.75) is 5.33 Å². The molecule has 0 aliphatic heterocycles. The number of esters is 1. The van der Waals surface area contributed by atoms with E-state index in [-0.39, 0.29) is 0 Å². The molecule has 0 atom stereocenters. The van der Waals surface area contributed by atoms with Crippen LogP contribution in [0.5, 0.6) is 0 Å². The molecule has 0 aliphatic rings. The van der Waals surface area contributed by atoms with E-state index in [0.717, 1.165) is 16.5 Å². The number of halogens is 1. The fraction of sp³-hybridized carbons (Fsp3) is 0.250. The molecule has 0 radical (unpaired) electrons. The summed E-state index contributed by atoms with van der Waals surface area (Å²) in [5.74, 6) is -0.409. The number of hydrogen-bond donors (Lipinski definition) is 0. The van der Waals surface area contributed by atoms with Crippen molar-refractivity contribution in [1.82, 2.24) is 0 Å². The van der Waals surface area contributed by atoms with Crippen LogP contribution in [0.3, 0.4) is 0 Å². The zero-order valence-electron chi connectivity index (χ0n) is 9.20. The van der Waals surface area contributed by atoms with Gasteiger partial charge in [-0.25, -0.2) is 4.79 Å². The summed E-state index contributed by atoms with van der Waals surface area (Å²) in [5.41, 5.74) is 2.28. The van der Waals surface area contributed by atoms with Crippen LogP contribution in [-0.4, -0.2) is 20.2 Å². The van der Waals surface area contributed by atoms with Crippen molar-refractivity contribution >= 4 is 27.5 Å². The summed E-state index contributed by atoms with van der Waals surface area (Å²) in [6.45, 7) is 0. The third-order valence-corrected chi connectivity index (χ3v) is 2.68. The lowest BCUT2D eigenvalue weighted by molar-refractivity contribution is -0.133. The number of carbonyl (C=O) groups is 1. The van der Waals surface area contributed by atoms with Crippen molar-refractivity contribution in [2.24, 2.45) is 0 Å². The molecule has 0 spiro atoms. The van der Waals surface area contributed by atoms with Gasteiger partial charge in [-0.05, 0) is 17.2 Å². The number of carbonyl (C=O) groups excluding carboxylic acids is 1. The van der Waals surface area contributed by atoms with Crippen molar-refractivity contribution in [2.75, 3.05) is 14.2 Å². The van der Waals surface area contributed by atoms with E-state index in [0.29, 0.717) is 5.57 Å². The van der Waals surface area contributed by atoms with Gasteiger partial charge in [0.05, 0.1) is 20.5 Å². The molecule has 0 bridgehead atoms. The number of benzene rings is 1. The van der Waals surface area contributed by atoms with Crippen LogP contribution in [-0.2, 0) is 19.6 Å². The second-order valence-electron chi connectivity index (χ2n) is 3.09. The average Bonchev–Trinajstić information content (AvgIpc) is 2.35. The number of ether oxygens (including phenoxy) is 2. The molecule has 0 aliphatic carbocycles. The Labute approximate surface area is 103 Å². The first-order chi connectivity index (χ1) is 7.72. The lowest BCUT2D eigenvalue weighted by Gasteiger charge is -2.06. The molecule has 0 N–H and O–H groups in total. The third-order valence-electron chi connectivity index (χ3n) is 2.03. The van der Waals surface area contributed by atoms with Gasteiger partial charge in [0.2, 0.25) is 0 Å². The fourth-order valence-corrected chi connectivity index (χ4v) is 1.63. The molecule has 3 nitrogen and oxygen atoms in total. The minimum absolute atomic E-state index is 0.409. The average molecular weight is 285 g/mol. The van der Waals surface area contributed by atoms with E-state index in [4.69, 9.17) is 9.47 Å². The molecule has 1 rings (SSSR count). The summed E-state index contributed by atoms with van der Waals surface area (Å²) in [6.07, 6.45) is 1.39. The molecule has 16 heavy (non-hydrogen) atoms. The van der Waals surface area contributed by atoms with E-state index in [2.05, 4.69) is 15.9 Å². The first kappa shape index (κ1) is 12.8. The van der Waals surface area contributed by atoms with Crippen molar-refractivity contribution in [3.63, 3.8) is 0 Å². The third kappa shape index (κ3) is 3.10. The molecule has 0 unspecified atom stereocenters. The monoisotopic (exact) mass is 284 g/mol. The molecule has 0 aromatic heterocycles. The van der Waals surface area contributed by atoms with Gasteiger partial charge in [0.25, 0.3) is 0 Å². The van der Waals surface area contributed by atoms with Gasteiger partial charge >= 0.3 is 5.97 Å². The summed E-state index contributed by atoms with van der Waals surface area (Å²) in [5, 5.41) is 0.738. The maximum Gasteiger partial charge on any atom is 0.341 e. The van der Waals surface area contributed by atoms with Gasteiger partial charge in [-0.3, -0.25) is 0 Å². The van der Waals surface area contributed by atoms with Gasteiger partial charge in [0.15, 0.2) is 0 Å². The van der Waals surface area contributed by atoms with E-state index in [9.17, 15) is 4.79 Å². The topological polar surface area (TPSA) is 35.5 Å². The molecular formula is C12H13BrO3. The molecule has 0 saturated heterocycles. The summed E-state index contributed by atoms with van der Waals surface area (Å²) < 4.78 is 9.57. The molecule has 86 valence electrons. The van der Waals surface area contributed by atoms with Crippen LogP contribution in [0, 0.1) is 0 Å². The van der Waals surface area contributed by atoms with E-state index in [1.54, 1.807) is 0 Å². The van der Waals surface area contributed by atoms with Crippen LogP contribution in [0.15, 0.2) is 30.5 Å². The van der Waals surface area contributed by atoms with Crippen molar-refractivity contribution < 1.29 is 14.3 Å². The first-order valence-corrected chi connectivity index (χ1v) is 5.81. The number of methoxy groups -OCH3 is 2. The Bertz CT molecular complexity index is 399. The Morgan fingerprint density at radius 3 is 2.75 bits per heavy atom. The highest BCUT2D eigenvalue weighted by Crippen LogP contribution is 2.18. The minimum atomic E-state index is -0.409. The standard InChI is InChI=1S/C12H13BrO3/c1-15-8-11(12(14)16-2)10-5-3-4-9(6-10)7-13/h3-6,8H,7H2,1-2H3. The Hall–Kier alpha value is -1.29. The van der Waals surface area contributed by atoms with Crippen molar-refractivity contribution in [3.05, 3.63) is 41.7 Å². The van der Waals surface area contributed by atoms with Crippen LogP contribution in [0.1, 0.15) is 11.1 Å². The molecule has 0 fully saturated rings. The van der Waals surface area contributed by atoms with Gasteiger partial charge in [0, 0.05) is 5.33 Å². The summed E-state index contributed by atoms with van der Waals surface area (Å²) >= 11 is 3.37. The Morgan fingerprint density at radius 1 is 1.44 bits per heavy atom. The van der Waals surface area contributed by atoms with Crippen molar-refractivity contribution in [3.8, 4) is 0 Å². The quantitative estimate of drug-likeness (QED) is 0.369. The van der Waals surface area contributed by atoms with Crippen molar-refractivity contribution in [1.29, 1.82) is 0 Å². The number of hydrogen-bond acceptors (Lipinski definition) is 3. The van der Waals surface area contributed by atoms with E-state index >= 15 is 0 Å². The molecule has 0 heterocycles. The lowest BCUT2D eigenvalue weighted by atomic mass is 10.1. The largest absolute Gasteiger partial charge is 0.503 e. The molecule has 0 saturated carbocycles. The minimum Gasteiger partial charge on any atom is -0.503 e. The van der Waals surface area contributed by atoms with Gasteiger partial charge < -0.3 is 9.47 Å². The Balaban J connectivity index is 3.11. The van der Waals surface area contributed by atoms with Gasteiger partial charge in [-0.1, -0.05) is 34.1 Å². The zero-order valence-corrected chi connectivity index (χ0v) is 10.8. The maximum atomic E-state index is 11.5. The van der Waals surface area contributed by atoms with Crippen LogP contribution in [0.4, 0.5) is 0 Å². The first-order valence-electron chi connectivity index (χ1n) is 4.69. The van der Waals surface area contributed by atoms with Crippen LogP contribution in [0.2, 0.25) is 0 Å². The zero-order chi connectivity index (χ0) is 12.0. The van der Waals surface area contributed by atoms with Crippen LogP contribution >= 0.6 is 15.9 Å². The number of alkyl halides is 1. The highest BCUT2D eigenvalue weighted by atomic mass is 79.9.